The minimum Gasteiger partial charge on any atom is -0.480 e. The van der Waals surface area contributed by atoms with E-state index in [1.54, 1.807) is 6.92 Å². The van der Waals surface area contributed by atoms with E-state index < -0.39 is 47.9 Å². The van der Waals surface area contributed by atoms with Crippen molar-refractivity contribution in [1.82, 2.24) is 16.0 Å². The summed E-state index contributed by atoms with van der Waals surface area (Å²) in [4.78, 5) is 51.5. The summed E-state index contributed by atoms with van der Waals surface area (Å²) in [5, 5.41) is 17.7. The van der Waals surface area contributed by atoms with Crippen molar-refractivity contribution in [1.29, 1.82) is 0 Å². The molecule has 0 aliphatic rings. The Morgan fingerprint density at radius 3 is 1.72 bits per heavy atom. The summed E-state index contributed by atoms with van der Waals surface area (Å²) < 4.78 is 0. The first-order valence-electron chi connectivity index (χ1n) is 13.5. The van der Waals surface area contributed by atoms with Crippen LogP contribution in [0.2, 0.25) is 0 Å². The van der Waals surface area contributed by atoms with Gasteiger partial charge >= 0.3 is 5.97 Å². The van der Waals surface area contributed by atoms with Gasteiger partial charge in [-0.2, -0.15) is 0 Å². The van der Waals surface area contributed by atoms with Crippen molar-refractivity contribution in [3.63, 3.8) is 0 Å². The van der Waals surface area contributed by atoms with Gasteiger partial charge in [-0.05, 0) is 35.8 Å². The minimum absolute atomic E-state index is 0.0365. The molecule has 2 rings (SSSR count). The molecule has 2 aromatic carbocycles. The van der Waals surface area contributed by atoms with Gasteiger partial charge in [0.2, 0.25) is 17.7 Å². The molecule has 0 aromatic heterocycles. The van der Waals surface area contributed by atoms with Crippen molar-refractivity contribution < 1.29 is 24.3 Å². The van der Waals surface area contributed by atoms with Gasteiger partial charge in [0.25, 0.3) is 0 Å². The maximum Gasteiger partial charge on any atom is 0.326 e. The van der Waals surface area contributed by atoms with Gasteiger partial charge in [0, 0.05) is 6.42 Å². The van der Waals surface area contributed by atoms with Crippen LogP contribution in [0.5, 0.6) is 0 Å². The van der Waals surface area contributed by atoms with Crippen molar-refractivity contribution in [2.24, 2.45) is 17.6 Å². The largest absolute Gasteiger partial charge is 0.480 e. The van der Waals surface area contributed by atoms with E-state index in [0.29, 0.717) is 19.3 Å². The minimum atomic E-state index is -1.13. The summed E-state index contributed by atoms with van der Waals surface area (Å²) in [6, 6.07) is 14.6. The quantitative estimate of drug-likeness (QED) is 0.235. The molecule has 0 aliphatic carbocycles. The van der Waals surface area contributed by atoms with E-state index >= 15 is 0 Å². The molecule has 5 atom stereocenters. The van der Waals surface area contributed by atoms with E-state index in [9.17, 15) is 24.3 Å². The highest BCUT2D eigenvalue weighted by Gasteiger charge is 2.32. The maximum absolute atomic E-state index is 13.5. The number of benzene rings is 2. The highest BCUT2D eigenvalue weighted by molar-refractivity contribution is 5.94. The summed E-state index contributed by atoms with van der Waals surface area (Å²) >= 11 is 0. The number of nitrogens with two attached hydrogens (primary N) is 1. The summed E-state index contributed by atoms with van der Waals surface area (Å²) in [6.07, 6.45) is 1.35. The lowest BCUT2D eigenvalue weighted by Crippen LogP contribution is -2.58. The zero-order valence-corrected chi connectivity index (χ0v) is 23.2. The van der Waals surface area contributed by atoms with E-state index in [1.807, 2.05) is 81.4 Å². The van der Waals surface area contributed by atoms with Gasteiger partial charge in [-0.1, -0.05) is 94.8 Å². The van der Waals surface area contributed by atoms with Gasteiger partial charge < -0.3 is 26.8 Å². The number of hydrogen-bond acceptors (Lipinski definition) is 5. The van der Waals surface area contributed by atoms with Crippen LogP contribution in [0, 0.1) is 11.8 Å². The number of carbonyl (C=O) groups excluding carboxylic acids is 3. The highest BCUT2D eigenvalue weighted by Crippen LogP contribution is 2.12. The third-order valence-electron chi connectivity index (χ3n) is 6.67. The molecule has 0 bridgehead atoms. The number of nitrogens with one attached hydrogen (secondary N) is 3. The third kappa shape index (κ3) is 10.5. The number of aliphatic carboxylic acids is 1. The predicted molar refractivity (Wildman–Crippen MR) is 151 cm³/mol. The van der Waals surface area contributed by atoms with E-state index in [0.717, 1.165) is 11.1 Å². The Bertz CT molecular complexity index is 1080. The van der Waals surface area contributed by atoms with Crippen LogP contribution in [-0.2, 0) is 32.0 Å². The van der Waals surface area contributed by atoms with E-state index in [-0.39, 0.29) is 18.3 Å². The van der Waals surface area contributed by atoms with Gasteiger partial charge in [-0.25, -0.2) is 4.79 Å². The monoisotopic (exact) mass is 538 g/mol. The van der Waals surface area contributed by atoms with Crippen LogP contribution >= 0.6 is 0 Å². The number of hydrogen-bond donors (Lipinski definition) is 5. The molecule has 39 heavy (non-hydrogen) atoms. The number of carboxylic acid groups (broad SMARTS) is 1. The Balaban J connectivity index is 2.22. The van der Waals surface area contributed by atoms with Gasteiger partial charge in [-0.3, -0.25) is 14.4 Å². The molecule has 0 spiro atoms. The standard InChI is InChI=1S/C30H42N4O5/c1-5-20(4)26(30(38)39)34-29(37)24(16-19(2)3)33-28(36)25(18-22-14-10-7-11-15-22)32-27(35)23(31)17-21-12-8-6-9-13-21/h6-15,19-20,23-26H,5,16-18,31H2,1-4H3,(H,32,35)(H,33,36)(H,34,37)(H,38,39). The second-order valence-corrected chi connectivity index (χ2v) is 10.4. The number of rotatable bonds is 15. The van der Waals surface area contributed by atoms with Crippen LogP contribution < -0.4 is 21.7 Å². The summed E-state index contributed by atoms with van der Waals surface area (Å²) in [5.74, 6) is -2.99. The Morgan fingerprint density at radius 2 is 1.23 bits per heavy atom. The topological polar surface area (TPSA) is 151 Å². The van der Waals surface area contributed by atoms with Crippen LogP contribution in [0.25, 0.3) is 0 Å². The SMILES string of the molecule is CCC(C)C(NC(=O)C(CC(C)C)NC(=O)C(Cc1ccccc1)NC(=O)C(N)Cc1ccccc1)C(=O)O. The molecule has 5 unspecified atom stereocenters. The maximum atomic E-state index is 13.5. The van der Waals surface area contributed by atoms with Crippen LogP contribution in [0.1, 0.15) is 51.7 Å². The molecular formula is C30H42N4O5. The number of carboxylic acids is 1. The molecule has 0 aliphatic heterocycles. The Labute approximate surface area is 230 Å². The van der Waals surface area contributed by atoms with Crippen molar-refractivity contribution in [3.8, 4) is 0 Å². The Morgan fingerprint density at radius 1 is 0.744 bits per heavy atom. The van der Waals surface area contributed by atoms with Crippen LogP contribution in [-0.4, -0.2) is 53.0 Å². The first-order chi connectivity index (χ1) is 18.5. The second kappa shape index (κ2) is 15.6. The van der Waals surface area contributed by atoms with Gasteiger partial charge in [0.1, 0.15) is 18.1 Å². The number of carbonyl (C=O) groups is 4. The zero-order valence-electron chi connectivity index (χ0n) is 23.2. The fourth-order valence-corrected chi connectivity index (χ4v) is 4.21. The molecule has 9 nitrogen and oxygen atoms in total. The van der Waals surface area contributed by atoms with Crippen LogP contribution in [0.15, 0.2) is 60.7 Å². The molecule has 2 aromatic rings. The average Bonchev–Trinajstić information content (AvgIpc) is 2.90. The fourth-order valence-electron chi connectivity index (χ4n) is 4.21. The lowest BCUT2D eigenvalue weighted by atomic mass is 9.97. The molecular weight excluding hydrogens is 496 g/mol. The predicted octanol–water partition coefficient (Wildman–Crippen LogP) is 2.43. The smallest absolute Gasteiger partial charge is 0.326 e. The lowest BCUT2D eigenvalue weighted by Gasteiger charge is -2.27. The fraction of sp³-hybridized carbons (Fsp3) is 0.467. The van der Waals surface area contributed by atoms with Gasteiger partial charge in [-0.15, -0.1) is 0 Å². The second-order valence-electron chi connectivity index (χ2n) is 10.4. The first-order valence-corrected chi connectivity index (χ1v) is 13.5. The normalized spacial score (nSPS) is 14.9. The van der Waals surface area contributed by atoms with Gasteiger partial charge in [0.05, 0.1) is 6.04 Å². The molecule has 0 saturated heterocycles. The molecule has 212 valence electrons. The first kappa shape index (κ1) is 31.5. The molecule has 0 heterocycles. The van der Waals surface area contributed by atoms with Crippen molar-refractivity contribution in [2.75, 3.05) is 0 Å². The molecule has 0 radical (unpaired) electrons. The third-order valence-corrected chi connectivity index (χ3v) is 6.67. The molecule has 3 amide bonds. The van der Waals surface area contributed by atoms with Crippen molar-refractivity contribution in [2.45, 2.75) is 77.5 Å². The summed E-state index contributed by atoms with van der Waals surface area (Å²) in [7, 11) is 0. The van der Waals surface area contributed by atoms with Crippen molar-refractivity contribution >= 4 is 23.7 Å². The molecule has 6 N–H and O–H groups in total. The van der Waals surface area contributed by atoms with Crippen LogP contribution in [0.3, 0.4) is 0 Å². The van der Waals surface area contributed by atoms with E-state index in [4.69, 9.17) is 5.73 Å². The van der Waals surface area contributed by atoms with Crippen LogP contribution in [0.4, 0.5) is 0 Å². The Kier molecular flexibility index (Phi) is 12.6. The van der Waals surface area contributed by atoms with E-state index in [1.165, 1.54) is 0 Å². The van der Waals surface area contributed by atoms with E-state index in [2.05, 4.69) is 16.0 Å². The molecule has 0 saturated carbocycles. The average molecular weight is 539 g/mol. The Hall–Kier alpha value is -3.72. The van der Waals surface area contributed by atoms with Gasteiger partial charge in [0.15, 0.2) is 0 Å². The van der Waals surface area contributed by atoms with Crippen molar-refractivity contribution in [3.05, 3.63) is 71.8 Å². The number of amides is 3. The zero-order chi connectivity index (χ0) is 28.9. The summed E-state index contributed by atoms with van der Waals surface area (Å²) in [5.41, 5.74) is 7.88. The summed E-state index contributed by atoms with van der Waals surface area (Å²) in [6.45, 7) is 7.40. The lowest BCUT2D eigenvalue weighted by molar-refractivity contribution is -0.144. The molecule has 0 fully saturated rings. The molecule has 9 heteroatoms. The highest BCUT2D eigenvalue weighted by atomic mass is 16.4.